The van der Waals surface area contributed by atoms with Crippen molar-refractivity contribution in [2.24, 2.45) is 5.73 Å². The van der Waals surface area contributed by atoms with Crippen molar-refractivity contribution in [2.45, 2.75) is 94.7 Å². The van der Waals surface area contributed by atoms with Crippen molar-refractivity contribution in [3.8, 4) is 10.6 Å². The number of halogens is 8. The minimum Gasteiger partial charge on any atom is -0.384 e. The Balaban J connectivity index is 1.41. The molecule has 0 fully saturated rings. The number of benzene rings is 1. The maximum Gasteiger partial charge on any atom is 0.389 e. The van der Waals surface area contributed by atoms with Crippen LogP contribution >= 0.6 is 45.6 Å². The van der Waals surface area contributed by atoms with Gasteiger partial charge in [-0.1, -0.05) is 11.6 Å². The van der Waals surface area contributed by atoms with E-state index in [1.54, 1.807) is 0 Å². The average Bonchev–Trinajstić information content (AvgIpc) is 3.91. The molecule has 3 aromatic heterocycles. The molecule has 0 spiro atoms. The van der Waals surface area contributed by atoms with Crippen molar-refractivity contribution in [3.05, 3.63) is 72.3 Å². The number of nitrogens with zero attached hydrogens (tertiary/aromatic N) is 3. The van der Waals surface area contributed by atoms with Gasteiger partial charge in [0.2, 0.25) is 11.8 Å². The number of aromatic nitrogens is 3. The van der Waals surface area contributed by atoms with Gasteiger partial charge in [-0.3, -0.25) is 14.4 Å². The maximum atomic E-state index is 15.4. The third kappa shape index (κ3) is 12.9. The van der Waals surface area contributed by atoms with Crippen molar-refractivity contribution >= 4 is 63.3 Å². The molecule has 4 aromatic rings. The predicted octanol–water partition coefficient (Wildman–Crippen LogP) is 5.99. The first-order valence-corrected chi connectivity index (χ1v) is 19.5. The van der Waals surface area contributed by atoms with E-state index in [1.165, 1.54) is 37.7 Å². The molecule has 56 heavy (non-hydrogen) atoms. The van der Waals surface area contributed by atoms with Gasteiger partial charge in [-0.25, -0.2) is 19.3 Å². The highest BCUT2D eigenvalue weighted by Gasteiger charge is 2.35. The van der Waals surface area contributed by atoms with Crippen LogP contribution in [0.4, 0.5) is 30.7 Å². The molecule has 0 saturated carbocycles. The Kier molecular flexibility index (Phi) is 15.3. The van der Waals surface area contributed by atoms with Crippen LogP contribution in [0.3, 0.4) is 0 Å². The minimum atomic E-state index is -4.55. The van der Waals surface area contributed by atoms with E-state index in [2.05, 4.69) is 30.9 Å². The number of hydrogen-bond donors (Lipinski definition) is 6. The van der Waals surface area contributed by atoms with Crippen molar-refractivity contribution in [1.29, 1.82) is 0 Å². The van der Waals surface area contributed by atoms with Gasteiger partial charge in [-0.05, 0) is 44.4 Å². The van der Waals surface area contributed by atoms with Crippen LogP contribution < -0.4 is 21.7 Å². The fraction of sp³-hybridized carbons (Fsp3) is 0.455. The third-order valence-corrected chi connectivity index (χ3v) is 11.3. The van der Waals surface area contributed by atoms with Crippen LogP contribution in [0.25, 0.3) is 10.6 Å². The van der Waals surface area contributed by atoms with E-state index in [9.17, 15) is 50.9 Å². The molecule has 0 bridgehead atoms. The van der Waals surface area contributed by atoms with Crippen LogP contribution in [0.5, 0.6) is 0 Å². The van der Waals surface area contributed by atoms with Crippen LogP contribution in [0.1, 0.15) is 81.9 Å². The van der Waals surface area contributed by atoms with Gasteiger partial charge in [0.1, 0.15) is 44.0 Å². The van der Waals surface area contributed by atoms with Gasteiger partial charge in [0.25, 0.3) is 5.91 Å². The number of aliphatic hydroxyl groups is 2. The topological polar surface area (TPSA) is 192 Å². The summed E-state index contributed by atoms with van der Waals surface area (Å²) in [6.45, 7) is 2.62. The lowest BCUT2D eigenvalue weighted by molar-refractivity contribution is -0.140. The summed E-state index contributed by atoms with van der Waals surface area (Å²) < 4.78 is 93.1. The Morgan fingerprint density at radius 1 is 0.857 bits per heavy atom. The molecule has 6 atom stereocenters. The van der Waals surface area contributed by atoms with Gasteiger partial charge in [0, 0.05) is 47.5 Å². The SMILES string of the molecule is C[C@H](N)C(=O)N[C@@H](CCC(F)(F)F)C(O)c1ncc(Cc2cc(Cl)c(-c3ncc(C(=O)N[C@@H](C)C(=O)N[C@@H](CCC(F)(F)F)C(O)c4nccs4)s3)cc2F)s1. The van der Waals surface area contributed by atoms with Crippen molar-refractivity contribution in [1.82, 2.24) is 30.9 Å². The number of carbonyl (C=O) groups is 3. The highest BCUT2D eigenvalue weighted by atomic mass is 35.5. The molecule has 3 heterocycles. The lowest BCUT2D eigenvalue weighted by Gasteiger charge is -2.25. The molecule has 1 aromatic carbocycles. The molecule has 306 valence electrons. The molecule has 2 unspecified atom stereocenters. The highest BCUT2D eigenvalue weighted by Crippen LogP contribution is 2.35. The fourth-order valence-electron chi connectivity index (χ4n) is 5.06. The van der Waals surface area contributed by atoms with Crippen LogP contribution in [0.2, 0.25) is 5.02 Å². The summed E-state index contributed by atoms with van der Waals surface area (Å²) in [7, 11) is 0. The highest BCUT2D eigenvalue weighted by molar-refractivity contribution is 7.17. The van der Waals surface area contributed by atoms with Crippen LogP contribution in [0, 0.1) is 5.82 Å². The van der Waals surface area contributed by atoms with E-state index in [1.807, 2.05) is 0 Å². The van der Waals surface area contributed by atoms with E-state index in [4.69, 9.17) is 17.3 Å². The number of nitrogens with two attached hydrogens (primary N) is 1. The summed E-state index contributed by atoms with van der Waals surface area (Å²) >= 11 is 9.17. The molecular weight excluding hydrogens is 839 g/mol. The summed E-state index contributed by atoms with van der Waals surface area (Å²) in [5, 5.41) is 30.3. The van der Waals surface area contributed by atoms with Gasteiger partial charge in [0.05, 0.1) is 29.3 Å². The Hall–Kier alpha value is -3.80. The molecule has 3 amide bonds. The molecule has 0 radical (unpaired) electrons. The van der Waals surface area contributed by atoms with Crippen molar-refractivity contribution < 1.29 is 55.3 Å². The van der Waals surface area contributed by atoms with E-state index >= 15 is 4.39 Å². The van der Waals surface area contributed by atoms with Crippen molar-refractivity contribution in [2.75, 3.05) is 0 Å². The number of rotatable bonds is 17. The van der Waals surface area contributed by atoms with Crippen LogP contribution in [0.15, 0.2) is 36.1 Å². The fourth-order valence-corrected chi connectivity index (χ4v) is 7.92. The monoisotopic (exact) mass is 873 g/mol. The normalized spacial score (nSPS) is 15.4. The summed E-state index contributed by atoms with van der Waals surface area (Å²) in [6, 6.07) is -2.65. The lowest BCUT2D eigenvalue weighted by atomic mass is 10.0. The minimum absolute atomic E-state index is 0.0157. The van der Waals surface area contributed by atoms with Crippen LogP contribution in [-0.4, -0.2) is 79.4 Å². The number of nitrogens with one attached hydrogen (secondary N) is 3. The number of thiazole rings is 3. The second kappa shape index (κ2) is 19.1. The largest absolute Gasteiger partial charge is 0.389 e. The first kappa shape index (κ1) is 44.9. The number of carbonyl (C=O) groups excluding carboxylic acids is 3. The van der Waals surface area contributed by atoms with E-state index in [0.29, 0.717) is 4.88 Å². The molecular formula is C33H35ClF7N7O5S3. The zero-order valence-electron chi connectivity index (χ0n) is 29.3. The van der Waals surface area contributed by atoms with E-state index in [0.717, 1.165) is 46.3 Å². The number of aliphatic hydroxyl groups excluding tert-OH is 2. The standard InChI is InChI=1S/C33H35ClF7N7O5S3/c1-14(42)26(51)47-22(4-6-33(39,40)41)25(50)31-44-12-17(55-31)9-16-10-19(34)18(11-20(16)35)29-45-13-23(56-29)28(53)46-15(2)27(52)48-21(3-5-32(36,37)38)24(49)30-43-7-8-54-30/h7-8,10-15,21-22,24-25,49-50H,3-6,9,42H2,1-2H3,(H,46,53)(H,47,51)(H,48,52)/t14-,15-,21-,22-,24?,25?/m0/s1. The van der Waals surface area contributed by atoms with Crippen molar-refractivity contribution in [3.63, 3.8) is 0 Å². The molecule has 7 N–H and O–H groups in total. The van der Waals surface area contributed by atoms with E-state index in [-0.39, 0.29) is 42.5 Å². The molecule has 4 rings (SSSR count). The molecule has 23 heteroatoms. The third-order valence-electron chi connectivity index (χ3n) is 8.04. The van der Waals surface area contributed by atoms with Gasteiger partial charge < -0.3 is 31.9 Å². The lowest BCUT2D eigenvalue weighted by Crippen LogP contribution is -2.49. The molecule has 0 aliphatic rings. The molecule has 0 aliphatic heterocycles. The smallest absolute Gasteiger partial charge is 0.384 e. The van der Waals surface area contributed by atoms with Gasteiger partial charge in [-0.15, -0.1) is 34.0 Å². The number of hydrogen-bond acceptors (Lipinski definition) is 12. The van der Waals surface area contributed by atoms with Gasteiger partial charge in [0.15, 0.2) is 0 Å². The first-order valence-electron chi connectivity index (χ1n) is 16.6. The Morgan fingerprint density at radius 2 is 1.46 bits per heavy atom. The van der Waals surface area contributed by atoms with Crippen LogP contribution in [-0.2, 0) is 16.0 Å². The Bertz CT molecular complexity index is 1960. The Morgan fingerprint density at radius 3 is 2.04 bits per heavy atom. The zero-order chi connectivity index (χ0) is 41.5. The second-order valence-electron chi connectivity index (χ2n) is 12.6. The number of alkyl halides is 6. The quantitative estimate of drug-likeness (QED) is 0.0692. The molecule has 12 nitrogen and oxygen atoms in total. The molecule has 0 aliphatic carbocycles. The maximum absolute atomic E-state index is 15.4. The Labute approximate surface area is 331 Å². The van der Waals surface area contributed by atoms with E-state index < -0.39 is 97.9 Å². The van der Waals surface area contributed by atoms with Gasteiger partial charge in [-0.2, -0.15) is 26.3 Å². The summed E-state index contributed by atoms with van der Waals surface area (Å²) in [5.74, 6) is -3.16. The summed E-state index contributed by atoms with van der Waals surface area (Å²) in [4.78, 5) is 50.5. The van der Waals surface area contributed by atoms with Gasteiger partial charge >= 0.3 is 12.4 Å². The zero-order valence-corrected chi connectivity index (χ0v) is 32.5. The molecule has 0 saturated heterocycles. The average molecular weight is 874 g/mol. The second-order valence-corrected chi connectivity index (χ2v) is 16.1. The number of amides is 3. The summed E-state index contributed by atoms with van der Waals surface area (Å²) in [5.41, 5.74) is 5.72. The first-order chi connectivity index (χ1) is 26.1. The predicted molar refractivity (Wildman–Crippen MR) is 194 cm³/mol. The summed E-state index contributed by atoms with van der Waals surface area (Å²) in [6.07, 6.45) is -12.4.